The maximum atomic E-state index is 3.73. The highest BCUT2D eigenvalue weighted by molar-refractivity contribution is 4.81. The first-order valence-electron chi connectivity index (χ1n) is 7.38. The summed E-state index contributed by atoms with van der Waals surface area (Å²) in [6.45, 7) is 16.6. The molecule has 2 unspecified atom stereocenters. The molecule has 1 N–H and O–H groups in total. The Bertz CT molecular complexity index is 205. The van der Waals surface area contributed by atoms with Crippen LogP contribution in [-0.2, 0) is 0 Å². The Morgan fingerprint density at radius 1 is 1.35 bits per heavy atom. The average molecular weight is 240 g/mol. The van der Waals surface area contributed by atoms with Gasteiger partial charge in [0.2, 0.25) is 0 Å². The third kappa shape index (κ3) is 5.87. The average Bonchev–Trinajstić information content (AvgIpc) is 2.26. The van der Waals surface area contributed by atoms with Crippen molar-refractivity contribution in [3.05, 3.63) is 0 Å². The highest BCUT2D eigenvalue weighted by Gasteiger charge is 2.24. The first-order valence-corrected chi connectivity index (χ1v) is 7.38. The summed E-state index contributed by atoms with van der Waals surface area (Å²) in [4.78, 5) is 2.64. The molecule has 17 heavy (non-hydrogen) atoms. The van der Waals surface area contributed by atoms with E-state index in [0.717, 1.165) is 12.5 Å². The lowest BCUT2D eigenvalue weighted by Gasteiger charge is -2.37. The van der Waals surface area contributed by atoms with Gasteiger partial charge in [0.05, 0.1) is 0 Å². The van der Waals surface area contributed by atoms with Crippen molar-refractivity contribution in [2.75, 3.05) is 26.2 Å². The van der Waals surface area contributed by atoms with E-state index in [1.807, 2.05) is 0 Å². The predicted octanol–water partition coefficient (Wildman–Crippen LogP) is 3.13. The van der Waals surface area contributed by atoms with Gasteiger partial charge in [0, 0.05) is 19.1 Å². The van der Waals surface area contributed by atoms with Crippen LogP contribution < -0.4 is 5.32 Å². The van der Waals surface area contributed by atoms with E-state index in [1.165, 1.54) is 38.9 Å². The molecule has 1 fully saturated rings. The van der Waals surface area contributed by atoms with Crippen LogP contribution >= 0.6 is 0 Å². The van der Waals surface area contributed by atoms with E-state index in [0.29, 0.717) is 11.5 Å². The molecule has 0 bridgehead atoms. The van der Waals surface area contributed by atoms with Gasteiger partial charge in [-0.05, 0) is 50.6 Å². The summed E-state index contributed by atoms with van der Waals surface area (Å²) in [5.41, 5.74) is 0.395. The highest BCUT2D eigenvalue weighted by Crippen LogP contribution is 2.21. The minimum Gasteiger partial charge on any atom is -0.313 e. The maximum Gasteiger partial charge on any atom is 0.00794 e. The zero-order valence-corrected chi connectivity index (χ0v) is 12.6. The molecule has 1 rings (SSSR count). The molecule has 0 aromatic carbocycles. The van der Waals surface area contributed by atoms with Crippen LogP contribution in [0.15, 0.2) is 0 Å². The Morgan fingerprint density at radius 3 is 2.65 bits per heavy atom. The zero-order chi connectivity index (χ0) is 12.9. The van der Waals surface area contributed by atoms with E-state index >= 15 is 0 Å². The molecule has 0 aliphatic carbocycles. The van der Waals surface area contributed by atoms with Crippen LogP contribution in [0.2, 0.25) is 0 Å². The fourth-order valence-electron chi connectivity index (χ4n) is 2.65. The number of likely N-dealkylation sites (tertiary alicyclic amines) is 1. The Hall–Kier alpha value is -0.0800. The molecule has 2 nitrogen and oxygen atoms in total. The largest absolute Gasteiger partial charge is 0.313 e. The lowest BCUT2D eigenvalue weighted by atomic mass is 9.90. The summed E-state index contributed by atoms with van der Waals surface area (Å²) < 4.78 is 0. The topological polar surface area (TPSA) is 15.3 Å². The zero-order valence-electron chi connectivity index (χ0n) is 12.6. The molecular weight excluding hydrogens is 208 g/mol. The Morgan fingerprint density at radius 2 is 2.06 bits per heavy atom. The van der Waals surface area contributed by atoms with Crippen molar-refractivity contribution in [1.29, 1.82) is 0 Å². The molecule has 0 aromatic rings. The minimum atomic E-state index is 0.395. The van der Waals surface area contributed by atoms with Crippen LogP contribution in [0.1, 0.15) is 53.9 Å². The molecule has 102 valence electrons. The fraction of sp³-hybridized carbons (Fsp3) is 1.00. The Labute approximate surface area is 108 Å². The van der Waals surface area contributed by atoms with E-state index in [-0.39, 0.29) is 0 Å². The Kier molecular flexibility index (Phi) is 5.94. The predicted molar refractivity (Wildman–Crippen MR) is 76.4 cm³/mol. The summed E-state index contributed by atoms with van der Waals surface area (Å²) in [6, 6.07) is 0.661. The van der Waals surface area contributed by atoms with Gasteiger partial charge in [-0.2, -0.15) is 0 Å². The van der Waals surface area contributed by atoms with E-state index < -0.39 is 0 Å². The molecule has 0 radical (unpaired) electrons. The fourth-order valence-corrected chi connectivity index (χ4v) is 2.65. The van der Waals surface area contributed by atoms with E-state index in [4.69, 9.17) is 0 Å². The number of nitrogens with zero attached hydrogens (tertiary/aromatic N) is 1. The van der Waals surface area contributed by atoms with Crippen molar-refractivity contribution < 1.29 is 0 Å². The van der Waals surface area contributed by atoms with Gasteiger partial charge < -0.3 is 10.2 Å². The van der Waals surface area contributed by atoms with Gasteiger partial charge in [-0.15, -0.1) is 0 Å². The quantitative estimate of drug-likeness (QED) is 0.794. The number of nitrogens with one attached hydrogen (secondary N) is 1. The van der Waals surface area contributed by atoms with Crippen LogP contribution in [0, 0.1) is 11.3 Å². The van der Waals surface area contributed by atoms with E-state index in [2.05, 4.69) is 44.8 Å². The van der Waals surface area contributed by atoms with Gasteiger partial charge >= 0.3 is 0 Å². The van der Waals surface area contributed by atoms with Gasteiger partial charge in [-0.1, -0.05) is 27.7 Å². The lowest BCUT2D eigenvalue weighted by molar-refractivity contribution is 0.147. The van der Waals surface area contributed by atoms with Crippen LogP contribution in [0.3, 0.4) is 0 Å². The van der Waals surface area contributed by atoms with Crippen molar-refractivity contribution in [2.24, 2.45) is 11.3 Å². The van der Waals surface area contributed by atoms with Crippen molar-refractivity contribution in [1.82, 2.24) is 10.2 Å². The number of piperidine rings is 1. The molecule has 0 saturated carbocycles. The first kappa shape index (κ1) is 15.0. The molecule has 1 aliphatic heterocycles. The van der Waals surface area contributed by atoms with E-state index in [9.17, 15) is 0 Å². The van der Waals surface area contributed by atoms with Crippen LogP contribution in [-0.4, -0.2) is 37.1 Å². The SMILES string of the molecule is CCCN1CCCC(C(C)NCC(C)(C)C)C1. The van der Waals surface area contributed by atoms with Crippen molar-refractivity contribution in [2.45, 2.75) is 59.9 Å². The molecule has 1 heterocycles. The number of hydrogen-bond acceptors (Lipinski definition) is 2. The molecular formula is C15H32N2. The Balaban J connectivity index is 2.33. The normalized spacial score (nSPS) is 24.9. The third-order valence-corrected chi connectivity index (χ3v) is 3.74. The third-order valence-electron chi connectivity index (χ3n) is 3.74. The summed E-state index contributed by atoms with van der Waals surface area (Å²) >= 11 is 0. The van der Waals surface area contributed by atoms with Gasteiger partial charge in [0.15, 0.2) is 0 Å². The standard InChI is InChI=1S/C15H32N2/c1-6-9-17-10-7-8-14(11-17)13(2)16-12-15(3,4)5/h13-14,16H,6-12H2,1-5H3. The molecule has 1 saturated heterocycles. The number of rotatable bonds is 5. The van der Waals surface area contributed by atoms with Gasteiger partial charge in [0.1, 0.15) is 0 Å². The minimum absolute atomic E-state index is 0.395. The summed E-state index contributed by atoms with van der Waals surface area (Å²) in [6.07, 6.45) is 4.07. The van der Waals surface area contributed by atoms with Crippen LogP contribution in [0.4, 0.5) is 0 Å². The van der Waals surface area contributed by atoms with Crippen molar-refractivity contribution >= 4 is 0 Å². The van der Waals surface area contributed by atoms with Gasteiger partial charge in [0.25, 0.3) is 0 Å². The molecule has 0 spiro atoms. The second kappa shape index (κ2) is 6.75. The van der Waals surface area contributed by atoms with Gasteiger partial charge in [-0.25, -0.2) is 0 Å². The number of hydrogen-bond donors (Lipinski definition) is 1. The summed E-state index contributed by atoms with van der Waals surface area (Å²) in [5, 5.41) is 3.73. The molecule has 2 heteroatoms. The highest BCUT2D eigenvalue weighted by atomic mass is 15.1. The second-order valence-corrected chi connectivity index (χ2v) is 6.93. The molecule has 0 amide bonds. The molecule has 0 aromatic heterocycles. The van der Waals surface area contributed by atoms with Crippen LogP contribution in [0.5, 0.6) is 0 Å². The monoisotopic (exact) mass is 240 g/mol. The van der Waals surface area contributed by atoms with Crippen molar-refractivity contribution in [3.8, 4) is 0 Å². The first-order chi connectivity index (χ1) is 7.92. The lowest BCUT2D eigenvalue weighted by Crippen LogP contribution is -2.46. The molecule has 1 aliphatic rings. The van der Waals surface area contributed by atoms with Gasteiger partial charge in [-0.3, -0.25) is 0 Å². The maximum absolute atomic E-state index is 3.73. The smallest absolute Gasteiger partial charge is 0.00794 e. The van der Waals surface area contributed by atoms with Crippen molar-refractivity contribution in [3.63, 3.8) is 0 Å². The summed E-state index contributed by atoms with van der Waals surface area (Å²) in [5.74, 6) is 0.845. The van der Waals surface area contributed by atoms with E-state index in [1.54, 1.807) is 0 Å². The second-order valence-electron chi connectivity index (χ2n) is 6.93. The summed E-state index contributed by atoms with van der Waals surface area (Å²) in [7, 11) is 0. The molecule has 2 atom stereocenters. The van der Waals surface area contributed by atoms with Crippen LogP contribution in [0.25, 0.3) is 0 Å².